The van der Waals surface area contributed by atoms with Gasteiger partial charge in [-0.1, -0.05) is 23.7 Å². The number of nitro benzene ring substituents is 1. The van der Waals surface area contributed by atoms with Gasteiger partial charge in [0.25, 0.3) is 5.69 Å². The van der Waals surface area contributed by atoms with Crippen LogP contribution in [0.25, 0.3) is 0 Å². The van der Waals surface area contributed by atoms with E-state index in [1.165, 1.54) is 12.1 Å². The minimum Gasteiger partial charge on any atom is -0.378 e. The first-order valence-electron chi connectivity index (χ1n) is 7.26. The molecule has 0 unspecified atom stereocenters. The third kappa shape index (κ3) is 5.05. The Morgan fingerprint density at radius 1 is 0.875 bits per heavy atom. The average Bonchev–Trinajstić information content (AvgIpc) is 2.58. The van der Waals surface area contributed by atoms with E-state index in [1.807, 2.05) is 43.3 Å². The minimum absolute atomic E-state index is 0.0576. The van der Waals surface area contributed by atoms with Crippen LogP contribution in [0.1, 0.15) is 11.1 Å². The van der Waals surface area contributed by atoms with Crippen LogP contribution in [-0.2, 0) is 0 Å². The van der Waals surface area contributed by atoms with Crippen molar-refractivity contribution in [2.75, 3.05) is 19.0 Å². The fourth-order valence-electron chi connectivity index (χ4n) is 1.84. The van der Waals surface area contributed by atoms with E-state index in [-0.39, 0.29) is 5.69 Å². The molecule has 4 nitrogen and oxygen atoms in total. The van der Waals surface area contributed by atoms with Crippen LogP contribution in [0.15, 0.2) is 60.7 Å². The summed E-state index contributed by atoms with van der Waals surface area (Å²) in [6.45, 7) is 0. The maximum Gasteiger partial charge on any atom is 0.269 e. The third-order valence-electron chi connectivity index (χ3n) is 3.14. The number of anilines is 1. The second-order valence-electron chi connectivity index (χ2n) is 5.12. The third-order valence-corrected chi connectivity index (χ3v) is 3.14. The topological polar surface area (TPSA) is 46.4 Å². The average molecular weight is 316 g/mol. The molecular weight excluding hydrogens is 300 g/mol. The molecule has 0 N–H and O–H groups in total. The fourth-order valence-corrected chi connectivity index (χ4v) is 1.84. The first-order chi connectivity index (χ1) is 11.6. The van der Waals surface area contributed by atoms with E-state index in [0.717, 1.165) is 16.8 Å². The van der Waals surface area contributed by atoms with Gasteiger partial charge in [0.2, 0.25) is 0 Å². The van der Waals surface area contributed by atoms with Crippen LogP contribution in [0.4, 0.5) is 11.4 Å². The van der Waals surface area contributed by atoms with E-state index in [4.69, 9.17) is 0 Å². The number of non-ortho nitro benzene ring substituents is 1. The monoisotopic (exact) mass is 316 g/mol. The van der Waals surface area contributed by atoms with Crippen LogP contribution >= 0.6 is 0 Å². The molecule has 0 fully saturated rings. The highest BCUT2D eigenvalue weighted by molar-refractivity contribution is 5.50. The molecule has 2 rings (SSSR count). The van der Waals surface area contributed by atoms with Gasteiger partial charge in [-0.25, -0.2) is 0 Å². The zero-order valence-electron chi connectivity index (χ0n) is 13.5. The lowest BCUT2D eigenvalue weighted by Crippen LogP contribution is -2.07. The van der Waals surface area contributed by atoms with Crippen molar-refractivity contribution in [2.45, 2.75) is 0 Å². The number of nitro groups is 1. The Labute approximate surface area is 141 Å². The molecule has 0 aliphatic carbocycles. The summed E-state index contributed by atoms with van der Waals surface area (Å²) in [6.07, 6.45) is 3.33. The van der Waals surface area contributed by atoms with Gasteiger partial charge in [0.15, 0.2) is 0 Å². The summed E-state index contributed by atoms with van der Waals surface area (Å²) >= 11 is 0. The van der Waals surface area contributed by atoms with E-state index in [0.29, 0.717) is 0 Å². The number of hydrogen-bond donors (Lipinski definition) is 0. The first kappa shape index (κ1) is 16.9. The molecule has 0 spiro atoms. The summed E-state index contributed by atoms with van der Waals surface area (Å²) in [5, 5.41) is 10.6. The van der Waals surface area contributed by atoms with Gasteiger partial charge in [-0.15, -0.1) is 0 Å². The smallest absolute Gasteiger partial charge is 0.269 e. The SMILES string of the molecule is CN(C)c1ccc(C#C/C=C/C#Cc2ccc([N+](=O)[O-])cc2)cc1. The van der Waals surface area contributed by atoms with Gasteiger partial charge in [-0.05, 0) is 48.6 Å². The minimum atomic E-state index is -0.433. The molecule has 2 aromatic rings. The molecule has 0 saturated carbocycles. The summed E-state index contributed by atoms with van der Waals surface area (Å²) in [5.41, 5.74) is 2.85. The fraction of sp³-hybridized carbons (Fsp3) is 0.100. The molecule has 0 saturated heterocycles. The Morgan fingerprint density at radius 2 is 1.33 bits per heavy atom. The standard InChI is InChI=1S/C20H16N2O2/c1-21(2)19-13-9-17(10-14-19)7-5-3-4-6-8-18-11-15-20(16-12-18)22(23)24/h3-4,9-16H,1-2H3/b4-3+. The van der Waals surface area contributed by atoms with Crippen LogP contribution in [0.5, 0.6) is 0 Å². The van der Waals surface area contributed by atoms with Crippen molar-refractivity contribution in [3.63, 3.8) is 0 Å². The van der Waals surface area contributed by atoms with Crippen molar-refractivity contribution in [3.8, 4) is 23.7 Å². The lowest BCUT2D eigenvalue weighted by Gasteiger charge is -2.11. The van der Waals surface area contributed by atoms with Gasteiger partial charge >= 0.3 is 0 Å². The zero-order valence-corrected chi connectivity index (χ0v) is 13.5. The lowest BCUT2D eigenvalue weighted by atomic mass is 10.2. The molecule has 0 aliphatic rings. The van der Waals surface area contributed by atoms with Crippen LogP contribution in [-0.4, -0.2) is 19.0 Å². The summed E-state index contributed by atoms with van der Waals surface area (Å²) in [5.74, 6) is 11.7. The van der Waals surface area contributed by atoms with Gasteiger partial charge in [0.05, 0.1) is 4.92 Å². The molecule has 0 atom stereocenters. The lowest BCUT2D eigenvalue weighted by molar-refractivity contribution is -0.384. The van der Waals surface area contributed by atoms with E-state index >= 15 is 0 Å². The van der Waals surface area contributed by atoms with E-state index in [2.05, 4.69) is 23.7 Å². The molecule has 0 amide bonds. The number of benzene rings is 2. The Morgan fingerprint density at radius 3 is 1.75 bits per heavy atom. The molecule has 0 aliphatic heterocycles. The molecule has 118 valence electrons. The van der Waals surface area contributed by atoms with Gasteiger partial charge in [-0.3, -0.25) is 10.1 Å². The predicted octanol–water partition coefficient (Wildman–Crippen LogP) is 3.62. The van der Waals surface area contributed by atoms with Crippen molar-refractivity contribution in [1.29, 1.82) is 0 Å². The Hall–Kier alpha value is -3.50. The molecule has 0 bridgehead atoms. The number of allylic oxidation sites excluding steroid dienone is 2. The quantitative estimate of drug-likeness (QED) is 0.483. The summed E-state index contributed by atoms with van der Waals surface area (Å²) < 4.78 is 0. The second kappa shape index (κ2) is 8.22. The Kier molecular flexibility index (Phi) is 5.77. The van der Waals surface area contributed by atoms with Gasteiger partial charge in [0, 0.05) is 43.0 Å². The zero-order chi connectivity index (χ0) is 17.4. The molecule has 0 heterocycles. The number of nitrogens with zero attached hydrogens (tertiary/aromatic N) is 2. The molecule has 0 radical (unpaired) electrons. The molecule has 2 aromatic carbocycles. The number of hydrogen-bond acceptors (Lipinski definition) is 3. The maximum absolute atomic E-state index is 10.6. The predicted molar refractivity (Wildman–Crippen MR) is 96.8 cm³/mol. The summed E-state index contributed by atoms with van der Waals surface area (Å²) in [6, 6.07) is 14.1. The van der Waals surface area contributed by atoms with E-state index in [1.54, 1.807) is 24.3 Å². The molecule has 24 heavy (non-hydrogen) atoms. The largest absolute Gasteiger partial charge is 0.378 e. The van der Waals surface area contributed by atoms with Crippen molar-refractivity contribution >= 4 is 11.4 Å². The van der Waals surface area contributed by atoms with Crippen molar-refractivity contribution in [1.82, 2.24) is 0 Å². The van der Waals surface area contributed by atoms with Gasteiger partial charge < -0.3 is 4.90 Å². The van der Waals surface area contributed by atoms with Crippen molar-refractivity contribution in [3.05, 3.63) is 81.9 Å². The maximum atomic E-state index is 10.6. The summed E-state index contributed by atoms with van der Waals surface area (Å²) in [7, 11) is 3.99. The van der Waals surface area contributed by atoms with Gasteiger partial charge in [-0.2, -0.15) is 0 Å². The Bertz CT molecular complexity index is 856. The van der Waals surface area contributed by atoms with E-state index < -0.39 is 4.92 Å². The molecular formula is C20H16N2O2. The van der Waals surface area contributed by atoms with Crippen LogP contribution in [0, 0.1) is 33.8 Å². The Balaban J connectivity index is 1.95. The van der Waals surface area contributed by atoms with Crippen molar-refractivity contribution in [2.24, 2.45) is 0 Å². The van der Waals surface area contributed by atoms with Crippen LogP contribution in [0.2, 0.25) is 0 Å². The van der Waals surface area contributed by atoms with Crippen molar-refractivity contribution < 1.29 is 4.92 Å². The molecule has 0 aromatic heterocycles. The summed E-state index contributed by atoms with van der Waals surface area (Å²) in [4.78, 5) is 12.2. The molecule has 4 heteroatoms. The highest BCUT2D eigenvalue weighted by Gasteiger charge is 2.01. The van der Waals surface area contributed by atoms with Gasteiger partial charge in [0.1, 0.15) is 0 Å². The van der Waals surface area contributed by atoms with E-state index in [9.17, 15) is 10.1 Å². The highest BCUT2D eigenvalue weighted by Crippen LogP contribution is 2.11. The van der Waals surface area contributed by atoms with Crippen LogP contribution in [0.3, 0.4) is 0 Å². The van der Waals surface area contributed by atoms with Crippen LogP contribution < -0.4 is 4.90 Å². The second-order valence-corrected chi connectivity index (χ2v) is 5.12. The number of rotatable bonds is 2. The first-order valence-corrected chi connectivity index (χ1v) is 7.26. The highest BCUT2D eigenvalue weighted by atomic mass is 16.6. The normalized spacial score (nSPS) is 9.58.